The van der Waals surface area contributed by atoms with Crippen molar-refractivity contribution in [1.82, 2.24) is 0 Å². The van der Waals surface area contributed by atoms with Gasteiger partial charge in [0.1, 0.15) is 70.4 Å². The molecule has 0 saturated carbocycles. The minimum absolute atomic E-state index is 0.0105. The van der Waals surface area contributed by atoms with Crippen LogP contribution in [0.15, 0.2) is 146 Å². The maximum Gasteiger partial charge on any atom is 0.416 e. The maximum atomic E-state index is 13.2. The lowest BCUT2D eigenvalue weighted by Gasteiger charge is -2.17. The first-order chi connectivity index (χ1) is 51.3. The summed E-state index contributed by atoms with van der Waals surface area (Å²) in [6.07, 6.45) is -16.2. The van der Waals surface area contributed by atoms with Crippen molar-refractivity contribution in [2.45, 2.75) is 150 Å². The van der Waals surface area contributed by atoms with E-state index in [1.165, 1.54) is 24.3 Å². The molecule has 0 fully saturated rings. The summed E-state index contributed by atoms with van der Waals surface area (Å²) in [5.41, 5.74) is 4.33. The first-order valence-electron chi connectivity index (χ1n) is 34.7. The highest BCUT2D eigenvalue weighted by atomic mass is 19.4. The van der Waals surface area contributed by atoms with Gasteiger partial charge in [-0.1, -0.05) is 72.8 Å². The van der Waals surface area contributed by atoms with Crippen LogP contribution in [0.3, 0.4) is 0 Å². The molecule has 28 heteroatoms. The topological polar surface area (TPSA) is 223 Å². The number of benzene rings is 8. The number of carboxylic acids is 4. The highest BCUT2D eigenvalue weighted by molar-refractivity contribution is 5.71. The van der Waals surface area contributed by atoms with E-state index in [0.29, 0.717) is 168 Å². The SMILES string of the molecule is O=C(O)C[C@@H]1COc2cc(OC3CCc4c3cccc4C(F)(F)F)ccc21.O=C(O)C[C@@H]1COc2cc(O[C@H]3CCc4c3cccc4C(F)(F)F)ccc21.O=C(O)C[C@H]1COc2cc(OC3CCc4c3cccc4C(F)(F)F)ccc21.O=C(O)C[C@H]1COc2cc(O[C@H]3CCc4c3cccc4C(F)(F)F)ccc21. The zero-order valence-electron chi connectivity index (χ0n) is 57.0. The monoisotopic (exact) mass is 1510 g/mol. The average Bonchev–Trinajstić information content (AvgIpc) is 1.63. The summed E-state index contributed by atoms with van der Waals surface area (Å²) in [6.45, 7) is 1.19. The molecule has 0 bridgehead atoms. The number of alkyl halides is 12. The molecule has 4 aliphatic heterocycles. The molecule has 2 unspecified atom stereocenters. The molecule has 4 heterocycles. The van der Waals surface area contributed by atoms with E-state index in [2.05, 4.69) is 0 Å². The maximum absolute atomic E-state index is 13.2. The Morgan fingerprint density at radius 3 is 0.694 bits per heavy atom. The van der Waals surface area contributed by atoms with Gasteiger partial charge in [0.2, 0.25) is 0 Å². The number of hydrogen-bond donors (Lipinski definition) is 4. The molecule has 8 aliphatic rings. The highest BCUT2D eigenvalue weighted by Gasteiger charge is 2.43. The lowest BCUT2D eigenvalue weighted by atomic mass is 9.98. The van der Waals surface area contributed by atoms with Crippen molar-refractivity contribution in [3.05, 3.63) is 235 Å². The summed E-state index contributed by atoms with van der Waals surface area (Å²) in [7, 11) is 0. The van der Waals surface area contributed by atoms with Crippen LogP contribution in [0.2, 0.25) is 0 Å². The zero-order chi connectivity index (χ0) is 76.7. The molecular formula is C80H68F12O16. The molecular weight excluding hydrogens is 1440 g/mol. The van der Waals surface area contributed by atoms with E-state index >= 15 is 0 Å². The first-order valence-corrected chi connectivity index (χ1v) is 34.7. The summed E-state index contributed by atoms with van der Waals surface area (Å²) in [6, 6.07) is 37.4. The zero-order valence-corrected chi connectivity index (χ0v) is 57.0. The van der Waals surface area contributed by atoms with Crippen molar-refractivity contribution in [2.75, 3.05) is 26.4 Å². The number of carboxylic acid groups (broad SMARTS) is 4. The van der Waals surface area contributed by atoms with Crippen LogP contribution in [0.25, 0.3) is 0 Å². The van der Waals surface area contributed by atoms with Gasteiger partial charge in [-0.15, -0.1) is 0 Å². The Bertz CT molecular complexity index is 4150. The van der Waals surface area contributed by atoms with Crippen LogP contribution >= 0.6 is 0 Å². The molecule has 108 heavy (non-hydrogen) atoms. The van der Waals surface area contributed by atoms with Gasteiger partial charge in [0, 0.05) is 70.2 Å². The molecule has 8 aromatic rings. The third kappa shape index (κ3) is 16.7. The minimum Gasteiger partial charge on any atom is -0.492 e. The fourth-order valence-corrected chi connectivity index (χ4v) is 15.5. The normalized spacial score (nSPS) is 20.7. The van der Waals surface area contributed by atoms with E-state index in [1.54, 1.807) is 97.1 Å². The van der Waals surface area contributed by atoms with Crippen LogP contribution in [-0.2, 0) is 69.6 Å². The lowest BCUT2D eigenvalue weighted by Crippen LogP contribution is -2.09. The largest absolute Gasteiger partial charge is 0.492 e. The summed E-state index contributed by atoms with van der Waals surface area (Å²) in [5.74, 6) is -0.0781. The highest BCUT2D eigenvalue weighted by Crippen LogP contribution is 2.50. The lowest BCUT2D eigenvalue weighted by molar-refractivity contribution is -0.139. The van der Waals surface area contributed by atoms with Crippen molar-refractivity contribution in [1.29, 1.82) is 0 Å². The number of carbonyl (C=O) groups is 4. The van der Waals surface area contributed by atoms with Crippen LogP contribution < -0.4 is 37.9 Å². The van der Waals surface area contributed by atoms with E-state index < -0.39 is 95.3 Å². The van der Waals surface area contributed by atoms with Gasteiger partial charge in [-0.3, -0.25) is 19.2 Å². The molecule has 16 nitrogen and oxygen atoms in total. The predicted octanol–water partition coefficient (Wildman–Crippen LogP) is 18.9. The van der Waals surface area contributed by atoms with Crippen molar-refractivity contribution in [3.63, 3.8) is 0 Å². The van der Waals surface area contributed by atoms with Crippen LogP contribution in [-0.4, -0.2) is 70.7 Å². The van der Waals surface area contributed by atoms with Crippen LogP contribution in [0.5, 0.6) is 46.0 Å². The molecule has 0 spiro atoms. The average molecular weight is 1510 g/mol. The Balaban J connectivity index is 0.000000127. The van der Waals surface area contributed by atoms with Crippen LogP contribution in [0.4, 0.5) is 52.7 Å². The van der Waals surface area contributed by atoms with Gasteiger partial charge >= 0.3 is 48.6 Å². The van der Waals surface area contributed by atoms with Crippen LogP contribution in [0.1, 0.15) is 188 Å². The molecule has 8 atom stereocenters. The van der Waals surface area contributed by atoms with Crippen LogP contribution in [0, 0.1) is 0 Å². The standard InChI is InChI=1S/4C20H17F3O4/c4*21-20(22,23)16-3-1-2-15-14(16)6-7-17(15)27-12-4-5-13-11(8-19(24)25)10-26-18(13)9-12/h4*1-5,9,11,17H,6-8,10H2,(H,24,25)/t2*11-,17?;11-,17+;11-,17-/m1010/s1. The number of halogens is 12. The fraction of sp³-hybridized carbons (Fsp3) is 0.350. The van der Waals surface area contributed by atoms with Gasteiger partial charge < -0.3 is 58.3 Å². The Labute approximate surface area is 608 Å². The van der Waals surface area contributed by atoms with Crippen molar-refractivity contribution >= 4 is 23.9 Å². The quantitative estimate of drug-likeness (QED) is 0.0660. The molecule has 0 radical (unpaired) electrons. The third-order valence-corrected chi connectivity index (χ3v) is 20.3. The minimum atomic E-state index is -4.37. The van der Waals surface area contributed by atoms with E-state index in [4.69, 9.17) is 58.3 Å². The second-order valence-electron chi connectivity index (χ2n) is 27.3. The molecule has 8 aromatic carbocycles. The molecule has 4 N–H and O–H groups in total. The van der Waals surface area contributed by atoms with Crippen molar-refractivity contribution in [2.24, 2.45) is 0 Å². The van der Waals surface area contributed by atoms with E-state index in [1.807, 2.05) is 0 Å². The predicted molar refractivity (Wildman–Crippen MR) is 360 cm³/mol. The number of rotatable bonds is 16. The third-order valence-electron chi connectivity index (χ3n) is 20.3. The summed E-state index contributed by atoms with van der Waals surface area (Å²) in [5, 5.41) is 35.8. The fourth-order valence-electron chi connectivity index (χ4n) is 15.5. The van der Waals surface area contributed by atoms with Crippen molar-refractivity contribution < 1.29 is 130 Å². The number of ether oxygens (including phenoxy) is 8. The van der Waals surface area contributed by atoms with Crippen molar-refractivity contribution in [3.8, 4) is 46.0 Å². The molecule has 16 rings (SSSR count). The van der Waals surface area contributed by atoms with Gasteiger partial charge in [-0.05, 0) is 144 Å². The van der Waals surface area contributed by atoms with Gasteiger partial charge in [-0.2, -0.15) is 52.7 Å². The Morgan fingerprint density at radius 2 is 0.509 bits per heavy atom. The second kappa shape index (κ2) is 30.5. The smallest absolute Gasteiger partial charge is 0.416 e. The molecule has 4 aliphatic carbocycles. The molecule has 0 aromatic heterocycles. The van der Waals surface area contributed by atoms with Gasteiger partial charge in [0.25, 0.3) is 0 Å². The second-order valence-corrected chi connectivity index (χ2v) is 27.3. The molecule has 0 amide bonds. The Kier molecular flexibility index (Phi) is 21.3. The van der Waals surface area contributed by atoms with Gasteiger partial charge in [-0.25, -0.2) is 0 Å². The number of hydrogen-bond acceptors (Lipinski definition) is 12. The van der Waals surface area contributed by atoms with E-state index in [0.717, 1.165) is 46.5 Å². The van der Waals surface area contributed by atoms with E-state index in [9.17, 15) is 71.9 Å². The van der Waals surface area contributed by atoms with Gasteiger partial charge in [0.15, 0.2) is 0 Å². The molecule has 0 saturated heterocycles. The van der Waals surface area contributed by atoms with E-state index in [-0.39, 0.29) is 49.4 Å². The Hall–Kier alpha value is -10.8. The summed E-state index contributed by atoms with van der Waals surface area (Å²) < 4.78 is 204. The summed E-state index contributed by atoms with van der Waals surface area (Å²) in [4.78, 5) is 43.7. The van der Waals surface area contributed by atoms with Gasteiger partial charge in [0.05, 0.1) is 74.4 Å². The number of aliphatic carboxylic acids is 4. The Morgan fingerprint density at radius 1 is 0.306 bits per heavy atom. The number of fused-ring (bicyclic) bond motifs is 8. The summed E-state index contributed by atoms with van der Waals surface area (Å²) >= 11 is 0. The molecule has 568 valence electrons. The first kappa shape index (κ1) is 75.4.